The van der Waals surface area contributed by atoms with Gasteiger partial charge in [0.2, 0.25) is 0 Å². The molecule has 1 aromatic rings. The van der Waals surface area contributed by atoms with Crippen LogP contribution >= 0.6 is 11.6 Å². The van der Waals surface area contributed by atoms with Gasteiger partial charge in [-0.2, -0.15) is 0 Å². The number of aryl methyl sites for hydroxylation is 1. The van der Waals surface area contributed by atoms with E-state index in [1.165, 1.54) is 7.11 Å². The summed E-state index contributed by atoms with van der Waals surface area (Å²) < 4.78 is 10.3. The van der Waals surface area contributed by atoms with Crippen LogP contribution < -0.4 is 4.74 Å². The van der Waals surface area contributed by atoms with Gasteiger partial charge < -0.3 is 9.47 Å². The average molecular weight is 255 g/mol. The quantitative estimate of drug-likeness (QED) is 0.778. The number of hydrogen-bond acceptors (Lipinski definition) is 3. The summed E-state index contributed by atoms with van der Waals surface area (Å²) >= 11 is 6.05. The van der Waals surface area contributed by atoms with Crippen LogP contribution in [0.25, 0.3) is 0 Å². The Bertz CT molecular complexity index is 464. The first-order valence-corrected chi connectivity index (χ1v) is 5.86. The summed E-state index contributed by atoms with van der Waals surface area (Å²) in [5.74, 6) is 0.523. The summed E-state index contributed by atoms with van der Waals surface area (Å²) in [6, 6.07) is 3.63. The van der Waals surface area contributed by atoms with Crippen molar-refractivity contribution in [3.05, 3.63) is 28.3 Å². The fraction of sp³-hybridized carbons (Fsp3) is 0.462. The van der Waals surface area contributed by atoms with Crippen molar-refractivity contribution < 1.29 is 14.3 Å². The molecular weight excluding hydrogens is 240 g/mol. The van der Waals surface area contributed by atoms with Crippen LogP contribution in [0, 0.1) is 6.92 Å². The molecular formula is C13H15ClO3. The van der Waals surface area contributed by atoms with Crippen molar-refractivity contribution in [2.24, 2.45) is 0 Å². The van der Waals surface area contributed by atoms with Gasteiger partial charge >= 0.3 is 5.97 Å². The van der Waals surface area contributed by atoms with E-state index in [0.29, 0.717) is 5.02 Å². The molecule has 1 fully saturated rings. The summed E-state index contributed by atoms with van der Waals surface area (Å²) in [7, 11) is 3.01. The van der Waals surface area contributed by atoms with Gasteiger partial charge in [-0.15, -0.1) is 0 Å². The number of carbonyl (C=O) groups is 1. The largest absolute Gasteiger partial charge is 0.496 e. The Morgan fingerprint density at radius 2 is 2.00 bits per heavy atom. The van der Waals surface area contributed by atoms with E-state index in [1.807, 2.05) is 13.0 Å². The van der Waals surface area contributed by atoms with Crippen molar-refractivity contribution in [1.82, 2.24) is 0 Å². The monoisotopic (exact) mass is 254 g/mol. The van der Waals surface area contributed by atoms with E-state index in [1.54, 1.807) is 13.2 Å². The van der Waals surface area contributed by atoms with E-state index in [0.717, 1.165) is 29.7 Å². The van der Waals surface area contributed by atoms with Crippen LogP contribution in [-0.4, -0.2) is 20.2 Å². The highest BCUT2D eigenvalue weighted by Crippen LogP contribution is 2.53. The molecule has 2 rings (SSSR count). The lowest BCUT2D eigenvalue weighted by Crippen LogP contribution is -2.22. The molecule has 0 atom stereocenters. The highest BCUT2D eigenvalue weighted by atomic mass is 35.5. The van der Waals surface area contributed by atoms with Crippen LogP contribution in [-0.2, 0) is 14.9 Å². The molecule has 0 N–H and O–H groups in total. The second-order valence-electron chi connectivity index (χ2n) is 4.38. The van der Waals surface area contributed by atoms with Crippen molar-refractivity contribution in [2.75, 3.05) is 14.2 Å². The molecule has 0 amide bonds. The van der Waals surface area contributed by atoms with E-state index >= 15 is 0 Å². The fourth-order valence-electron chi connectivity index (χ4n) is 2.26. The lowest BCUT2D eigenvalue weighted by molar-refractivity contribution is -0.143. The SMILES string of the molecule is COC(=O)C1(c2cc(Cl)cc(C)c2OC)CC1. The van der Waals surface area contributed by atoms with Gasteiger partial charge in [0.15, 0.2) is 0 Å². The molecule has 1 aliphatic carbocycles. The Labute approximate surface area is 106 Å². The van der Waals surface area contributed by atoms with Crippen LogP contribution in [0.1, 0.15) is 24.0 Å². The number of methoxy groups -OCH3 is 2. The lowest BCUT2D eigenvalue weighted by atomic mass is 9.93. The number of hydrogen-bond donors (Lipinski definition) is 0. The third-order valence-corrected chi connectivity index (χ3v) is 3.50. The van der Waals surface area contributed by atoms with Gasteiger partial charge in [-0.25, -0.2) is 0 Å². The molecule has 0 unspecified atom stereocenters. The minimum atomic E-state index is -0.546. The summed E-state index contributed by atoms with van der Waals surface area (Å²) in [5, 5.41) is 0.619. The highest BCUT2D eigenvalue weighted by molar-refractivity contribution is 6.30. The fourth-order valence-corrected chi connectivity index (χ4v) is 2.53. The van der Waals surface area contributed by atoms with Crippen LogP contribution in [0.5, 0.6) is 5.75 Å². The van der Waals surface area contributed by atoms with E-state index in [9.17, 15) is 4.79 Å². The smallest absolute Gasteiger partial charge is 0.316 e. The number of rotatable bonds is 3. The third kappa shape index (κ3) is 1.89. The van der Waals surface area contributed by atoms with Crippen molar-refractivity contribution in [3.8, 4) is 5.75 Å². The molecule has 1 aliphatic rings. The van der Waals surface area contributed by atoms with E-state index in [-0.39, 0.29) is 5.97 Å². The maximum atomic E-state index is 11.9. The van der Waals surface area contributed by atoms with Crippen LogP contribution in [0.2, 0.25) is 5.02 Å². The lowest BCUT2D eigenvalue weighted by Gasteiger charge is -2.18. The maximum Gasteiger partial charge on any atom is 0.316 e. The second-order valence-corrected chi connectivity index (χ2v) is 4.81. The van der Waals surface area contributed by atoms with Gasteiger partial charge in [0.05, 0.1) is 19.6 Å². The Balaban J connectivity index is 2.55. The van der Waals surface area contributed by atoms with Gasteiger partial charge in [-0.1, -0.05) is 11.6 Å². The zero-order chi connectivity index (χ0) is 12.6. The van der Waals surface area contributed by atoms with Gasteiger partial charge in [-0.3, -0.25) is 4.79 Å². The topological polar surface area (TPSA) is 35.5 Å². The number of esters is 1. The first-order valence-electron chi connectivity index (χ1n) is 5.48. The Kier molecular flexibility index (Phi) is 3.04. The summed E-state index contributed by atoms with van der Waals surface area (Å²) in [4.78, 5) is 11.9. The molecule has 0 heterocycles. The maximum absolute atomic E-state index is 11.9. The minimum Gasteiger partial charge on any atom is -0.496 e. The zero-order valence-corrected chi connectivity index (χ0v) is 10.9. The molecule has 3 nitrogen and oxygen atoms in total. The highest BCUT2D eigenvalue weighted by Gasteiger charge is 2.54. The molecule has 17 heavy (non-hydrogen) atoms. The number of halogens is 1. The van der Waals surface area contributed by atoms with Crippen molar-refractivity contribution in [2.45, 2.75) is 25.2 Å². The molecule has 1 aromatic carbocycles. The molecule has 1 saturated carbocycles. The Morgan fingerprint density at radius 1 is 1.35 bits per heavy atom. The van der Waals surface area contributed by atoms with Gasteiger partial charge in [0, 0.05) is 10.6 Å². The minimum absolute atomic E-state index is 0.211. The zero-order valence-electron chi connectivity index (χ0n) is 10.2. The van der Waals surface area contributed by atoms with Gasteiger partial charge in [-0.05, 0) is 37.5 Å². The summed E-state index contributed by atoms with van der Waals surface area (Å²) in [6.45, 7) is 1.92. The third-order valence-electron chi connectivity index (χ3n) is 3.29. The average Bonchev–Trinajstić information content (AvgIpc) is 3.08. The molecule has 92 valence electrons. The molecule has 0 bridgehead atoms. The van der Waals surface area contributed by atoms with Crippen molar-refractivity contribution in [1.29, 1.82) is 0 Å². The normalized spacial score (nSPS) is 16.5. The van der Waals surface area contributed by atoms with Gasteiger partial charge in [0.1, 0.15) is 5.75 Å². The number of ether oxygens (including phenoxy) is 2. The van der Waals surface area contributed by atoms with Crippen molar-refractivity contribution >= 4 is 17.6 Å². The molecule has 4 heteroatoms. The molecule has 0 radical (unpaired) electrons. The van der Waals surface area contributed by atoms with Crippen LogP contribution in [0.3, 0.4) is 0 Å². The molecule has 0 aliphatic heterocycles. The molecule has 0 aromatic heterocycles. The first kappa shape index (κ1) is 12.2. The summed E-state index contributed by atoms with van der Waals surface area (Å²) in [5.41, 5.74) is 1.23. The number of benzene rings is 1. The van der Waals surface area contributed by atoms with E-state index in [4.69, 9.17) is 21.1 Å². The van der Waals surface area contributed by atoms with Crippen molar-refractivity contribution in [3.63, 3.8) is 0 Å². The number of carbonyl (C=O) groups excluding carboxylic acids is 1. The predicted molar refractivity (Wildman–Crippen MR) is 65.7 cm³/mol. The molecule has 0 spiro atoms. The first-order chi connectivity index (χ1) is 8.05. The van der Waals surface area contributed by atoms with Crippen LogP contribution in [0.15, 0.2) is 12.1 Å². The van der Waals surface area contributed by atoms with Crippen LogP contribution in [0.4, 0.5) is 0 Å². The Morgan fingerprint density at radius 3 is 2.47 bits per heavy atom. The predicted octanol–water partition coefficient (Wildman–Crippen LogP) is 2.86. The molecule has 0 saturated heterocycles. The summed E-state index contributed by atoms with van der Waals surface area (Å²) in [6.07, 6.45) is 1.58. The second kappa shape index (κ2) is 4.22. The van der Waals surface area contributed by atoms with E-state index in [2.05, 4.69) is 0 Å². The standard InChI is InChI=1S/C13H15ClO3/c1-8-6-9(14)7-10(11(8)16-2)13(4-5-13)12(15)17-3/h6-7H,4-5H2,1-3H3. The Hall–Kier alpha value is -1.22. The van der Waals surface area contributed by atoms with Gasteiger partial charge in [0.25, 0.3) is 0 Å². The van der Waals surface area contributed by atoms with E-state index < -0.39 is 5.41 Å².